The van der Waals surface area contributed by atoms with Gasteiger partial charge in [0.15, 0.2) is 17.8 Å². The van der Waals surface area contributed by atoms with Crippen LogP contribution in [0.5, 0.6) is 0 Å². The van der Waals surface area contributed by atoms with E-state index in [1.165, 1.54) is 12.1 Å². The van der Waals surface area contributed by atoms with Gasteiger partial charge in [0.25, 0.3) is 11.6 Å². The monoisotopic (exact) mass is 366 g/mol. The van der Waals surface area contributed by atoms with Crippen molar-refractivity contribution in [2.45, 2.75) is 19.0 Å². The number of anilines is 1. The third-order valence-electron chi connectivity index (χ3n) is 4.26. The number of amides is 1. The molecule has 27 heavy (non-hydrogen) atoms. The molecule has 0 aliphatic rings. The van der Waals surface area contributed by atoms with Crippen molar-refractivity contribution < 1.29 is 19.5 Å². The summed E-state index contributed by atoms with van der Waals surface area (Å²) in [5.74, 6) is 0.406. The van der Waals surface area contributed by atoms with Crippen LogP contribution in [0, 0.1) is 10.1 Å². The van der Waals surface area contributed by atoms with Gasteiger partial charge in [-0.05, 0) is 25.1 Å². The van der Waals surface area contributed by atoms with Crippen LogP contribution >= 0.6 is 0 Å². The number of furan rings is 1. The van der Waals surface area contributed by atoms with E-state index in [1.54, 1.807) is 31.4 Å². The van der Waals surface area contributed by atoms with Crippen LogP contribution in [-0.4, -0.2) is 16.9 Å². The number of hydrogen-bond donors (Lipinski definition) is 2. The largest absolute Gasteiger partial charge is 0.463 e. The van der Waals surface area contributed by atoms with Gasteiger partial charge in [-0.3, -0.25) is 14.9 Å². The lowest BCUT2D eigenvalue weighted by Gasteiger charge is -2.18. The van der Waals surface area contributed by atoms with Crippen molar-refractivity contribution in [2.24, 2.45) is 0 Å². The van der Waals surface area contributed by atoms with E-state index in [-0.39, 0.29) is 23.3 Å². The molecule has 0 saturated heterocycles. The second kappa shape index (κ2) is 8.29. The zero-order valence-corrected chi connectivity index (χ0v) is 14.7. The number of nitro groups is 1. The molecular weight excluding hydrogens is 346 g/mol. The Balaban J connectivity index is 1.77. The molecule has 1 aromatic heterocycles. The molecule has 7 heteroatoms. The molecule has 0 bridgehead atoms. The SMILES string of the molecule is C[C@@H]([NH2+][C@H](c1ccccc1)c1ccco1)C(=O)Nc1ccccc1[N+](=O)[O-]. The van der Waals surface area contributed by atoms with Gasteiger partial charge in [-0.15, -0.1) is 0 Å². The summed E-state index contributed by atoms with van der Waals surface area (Å²) in [6.45, 7) is 1.75. The molecule has 2 atom stereocenters. The number of carbonyl (C=O) groups is 1. The van der Waals surface area contributed by atoms with Crippen molar-refractivity contribution in [3.63, 3.8) is 0 Å². The van der Waals surface area contributed by atoms with Gasteiger partial charge in [0.2, 0.25) is 0 Å². The number of para-hydroxylation sites is 2. The predicted molar refractivity (Wildman–Crippen MR) is 100 cm³/mol. The molecule has 0 radical (unpaired) electrons. The highest BCUT2D eigenvalue weighted by molar-refractivity contribution is 5.95. The van der Waals surface area contributed by atoms with Crippen LogP contribution < -0.4 is 10.6 Å². The summed E-state index contributed by atoms with van der Waals surface area (Å²) in [6, 6.07) is 18.8. The first-order valence-corrected chi connectivity index (χ1v) is 8.54. The fourth-order valence-corrected chi connectivity index (χ4v) is 2.86. The summed E-state index contributed by atoms with van der Waals surface area (Å²) in [5, 5.41) is 15.6. The minimum atomic E-state index is -0.514. The number of hydrogen-bond acceptors (Lipinski definition) is 4. The number of quaternary nitrogens is 1. The number of nitrogens with one attached hydrogen (secondary N) is 1. The fraction of sp³-hybridized carbons (Fsp3) is 0.150. The number of nitro benzene ring substituents is 1. The molecule has 1 heterocycles. The van der Waals surface area contributed by atoms with E-state index in [2.05, 4.69) is 5.32 Å². The maximum Gasteiger partial charge on any atom is 0.292 e. The van der Waals surface area contributed by atoms with E-state index >= 15 is 0 Å². The summed E-state index contributed by atoms with van der Waals surface area (Å²) in [7, 11) is 0. The Labute approximate surface area is 156 Å². The molecule has 0 aliphatic heterocycles. The van der Waals surface area contributed by atoms with Crippen LogP contribution in [-0.2, 0) is 4.79 Å². The topological polar surface area (TPSA) is 102 Å². The van der Waals surface area contributed by atoms with Crippen molar-refractivity contribution in [1.29, 1.82) is 0 Å². The number of benzene rings is 2. The summed E-state index contributed by atoms with van der Waals surface area (Å²) >= 11 is 0. The quantitative estimate of drug-likeness (QED) is 0.496. The van der Waals surface area contributed by atoms with Crippen LogP contribution in [0.2, 0.25) is 0 Å². The summed E-state index contributed by atoms with van der Waals surface area (Å²) in [4.78, 5) is 23.2. The Morgan fingerprint density at radius 2 is 1.78 bits per heavy atom. The Kier molecular flexibility index (Phi) is 5.63. The zero-order valence-electron chi connectivity index (χ0n) is 14.7. The van der Waals surface area contributed by atoms with E-state index in [9.17, 15) is 14.9 Å². The van der Waals surface area contributed by atoms with E-state index in [0.29, 0.717) is 0 Å². The zero-order chi connectivity index (χ0) is 19.2. The highest BCUT2D eigenvalue weighted by atomic mass is 16.6. The summed E-state index contributed by atoms with van der Waals surface area (Å²) in [6.07, 6.45) is 1.59. The Bertz CT molecular complexity index is 910. The molecular formula is C20H20N3O4+. The molecule has 0 fully saturated rings. The van der Waals surface area contributed by atoms with Gasteiger partial charge in [-0.2, -0.15) is 0 Å². The van der Waals surface area contributed by atoms with Crippen LogP contribution in [0.4, 0.5) is 11.4 Å². The lowest BCUT2D eigenvalue weighted by molar-refractivity contribution is -0.706. The molecule has 0 unspecified atom stereocenters. The summed E-state index contributed by atoms with van der Waals surface area (Å²) < 4.78 is 5.55. The Hall–Kier alpha value is -3.45. The Morgan fingerprint density at radius 1 is 1.07 bits per heavy atom. The maximum atomic E-state index is 12.6. The van der Waals surface area contributed by atoms with Crippen LogP contribution in [0.15, 0.2) is 77.4 Å². The molecule has 0 spiro atoms. The maximum absolute atomic E-state index is 12.6. The van der Waals surface area contributed by atoms with E-state index in [4.69, 9.17) is 4.42 Å². The lowest BCUT2D eigenvalue weighted by atomic mass is 10.0. The van der Waals surface area contributed by atoms with E-state index in [0.717, 1.165) is 11.3 Å². The third-order valence-corrected chi connectivity index (χ3v) is 4.26. The molecule has 7 nitrogen and oxygen atoms in total. The van der Waals surface area contributed by atoms with Gasteiger partial charge in [-0.25, -0.2) is 0 Å². The first-order chi connectivity index (χ1) is 13.1. The van der Waals surface area contributed by atoms with Crippen LogP contribution in [0.1, 0.15) is 24.3 Å². The Morgan fingerprint density at radius 3 is 2.44 bits per heavy atom. The average molecular weight is 366 g/mol. The van der Waals surface area contributed by atoms with Gasteiger partial charge in [0.05, 0.1) is 11.2 Å². The normalized spacial score (nSPS) is 12.9. The number of nitrogens with zero attached hydrogens (tertiary/aromatic N) is 1. The van der Waals surface area contributed by atoms with Gasteiger partial charge in [-0.1, -0.05) is 42.5 Å². The van der Waals surface area contributed by atoms with Gasteiger partial charge < -0.3 is 15.1 Å². The van der Waals surface area contributed by atoms with Crippen LogP contribution in [0.25, 0.3) is 0 Å². The molecule has 3 rings (SSSR count). The number of rotatable bonds is 7. The van der Waals surface area contributed by atoms with Gasteiger partial charge in [0.1, 0.15) is 5.69 Å². The number of carbonyl (C=O) groups excluding carboxylic acids is 1. The second-order valence-electron chi connectivity index (χ2n) is 6.15. The standard InChI is InChI=1S/C20H19N3O4/c1-14(20(24)22-16-10-5-6-11-17(16)23(25)26)21-19(18-12-7-13-27-18)15-8-3-2-4-9-15/h2-14,19,21H,1H3,(H,22,24)/p+1/t14-,19-/m1/s1. The van der Waals surface area contributed by atoms with Crippen molar-refractivity contribution >= 4 is 17.3 Å². The molecule has 1 amide bonds. The molecule has 3 aromatic rings. The average Bonchev–Trinajstić information content (AvgIpc) is 3.21. The molecule has 2 aromatic carbocycles. The van der Waals surface area contributed by atoms with Crippen LogP contribution in [0.3, 0.4) is 0 Å². The second-order valence-corrected chi connectivity index (χ2v) is 6.15. The smallest absolute Gasteiger partial charge is 0.292 e. The summed E-state index contributed by atoms with van der Waals surface area (Å²) in [5.41, 5.74) is 1.04. The first kappa shape index (κ1) is 18.3. The van der Waals surface area contributed by atoms with E-state index in [1.807, 2.05) is 41.7 Å². The molecule has 0 saturated carbocycles. The van der Waals surface area contributed by atoms with Crippen molar-refractivity contribution in [3.05, 3.63) is 94.4 Å². The fourth-order valence-electron chi connectivity index (χ4n) is 2.86. The van der Waals surface area contributed by atoms with Gasteiger partial charge >= 0.3 is 0 Å². The minimum absolute atomic E-state index is 0.135. The highest BCUT2D eigenvalue weighted by Gasteiger charge is 2.27. The van der Waals surface area contributed by atoms with Crippen molar-refractivity contribution in [1.82, 2.24) is 0 Å². The third kappa shape index (κ3) is 4.39. The van der Waals surface area contributed by atoms with E-state index < -0.39 is 11.0 Å². The minimum Gasteiger partial charge on any atom is -0.463 e. The van der Waals surface area contributed by atoms with Gasteiger partial charge in [0, 0.05) is 11.6 Å². The predicted octanol–water partition coefficient (Wildman–Crippen LogP) is 2.87. The highest BCUT2D eigenvalue weighted by Crippen LogP contribution is 2.23. The first-order valence-electron chi connectivity index (χ1n) is 8.54. The number of nitrogens with two attached hydrogens (primary N) is 1. The molecule has 138 valence electrons. The lowest BCUT2D eigenvalue weighted by Crippen LogP contribution is -2.92. The van der Waals surface area contributed by atoms with Crippen molar-refractivity contribution in [2.75, 3.05) is 5.32 Å². The van der Waals surface area contributed by atoms with Crippen molar-refractivity contribution in [3.8, 4) is 0 Å². The molecule has 0 aliphatic carbocycles. The molecule has 3 N–H and O–H groups in total.